The molecule has 4 nitrogen and oxygen atoms in total. The van der Waals surface area contributed by atoms with Crippen molar-refractivity contribution in [3.05, 3.63) is 47.5 Å². The van der Waals surface area contributed by atoms with Crippen molar-refractivity contribution >= 4 is 11.9 Å². The molecule has 0 heterocycles. The predicted octanol–water partition coefficient (Wildman–Crippen LogP) is 3.77. The smallest absolute Gasteiger partial charge is 0.203 e. The van der Waals surface area contributed by atoms with Crippen molar-refractivity contribution in [1.29, 1.82) is 0 Å². The third kappa shape index (κ3) is 3.54. The maximum atomic E-state index is 5.32. The molecule has 2 aromatic carbocycles. The van der Waals surface area contributed by atoms with Gasteiger partial charge in [-0.05, 0) is 31.2 Å². The Morgan fingerprint density at radius 2 is 1.43 bits per heavy atom. The zero-order valence-electron chi connectivity index (χ0n) is 12.7. The molecule has 0 saturated heterocycles. The minimum atomic E-state index is 0.576. The van der Waals surface area contributed by atoms with E-state index in [2.05, 4.69) is 4.99 Å². The van der Waals surface area contributed by atoms with Gasteiger partial charge in [0, 0.05) is 11.8 Å². The van der Waals surface area contributed by atoms with Crippen LogP contribution in [0.1, 0.15) is 11.1 Å². The Bertz CT molecular complexity index is 608. The highest BCUT2D eigenvalue weighted by atomic mass is 16.5. The molecule has 0 fully saturated rings. The molecule has 0 saturated carbocycles. The van der Waals surface area contributed by atoms with Gasteiger partial charge in [0.15, 0.2) is 11.5 Å². The van der Waals surface area contributed by atoms with Gasteiger partial charge in [-0.2, -0.15) is 0 Å². The second-order valence-electron chi connectivity index (χ2n) is 4.55. The summed E-state index contributed by atoms with van der Waals surface area (Å²) in [4.78, 5) is 4.45. The third-order valence-electron chi connectivity index (χ3n) is 3.08. The van der Waals surface area contributed by atoms with E-state index in [1.807, 2.05) is 43.3 Å². The summed E-state index contributed by atoms with van der Waals surface area (Å²) in [5, 5.41) is 0. The number of hydrogen-bond donors (Lipinski definition) is 0. The molecular formula is C17H19NO3. The summed E-state index contributed by atoms with van der Waals surface area (Å²) in [5.41, 5.74) is 2.99. The molecule has 2 rings (SSSR count). The van der Waals surface area contributed by atoms with Crippen molar-refractivity contribution in [2.75, 3.05) is 21.3 Å². The summed E-state index contributed by atoms with van der Waals surface area (Å²) in [6.07, 6.45) is 1.77. The van der Waals surface area contributed by atoms with Crippen LogP contribution in [0.2, 0.25) is 0 Å². The van der Waals surface area contributed by atoms with Crippen LogP contribution in [-0.4, -0.2) is 27.5 Å². The van der Waals surface area contributed by atoms with Gasteiger partial charge in [-0.3, -0.25) is 4.99 Å². The molecule has 21 heavy (non-hydrogen) atoms. The number of ether oxygens (including phenoxy) is 3. The molecule has 0 spiro atoms. The lowest BCUT2D eigenvalue weighted by molar-refractivity contribution is 0.324. The van der Waals surface area contributed by atoms with Crippen molar-refractivity contribution in [3.63, 3.8) is 0 Å². The Hall–Kier alpha value is -2.49. The summed E-state index contributed by atoms with van der Waals surface area (Å²) in [5.74, 6) is 1.80. The minimum absolute atomic E-state index is 0.576. The molecule has 110 valence electrons. The fraction of sp³-hybridized carbons (Fsp3) is 0.235. The van der Waals surface area contributed by atoms with Crippen molar-refractivity contribution in [1.82, 2.24) is 0 Å². The molecule has 0 aromatic heterocycles. The van der Waals surface area contributed by atoms with Gasteiger partial charge in [0.1, 0.15) is 0 Å². The average Bonchev–Trinajstić information content (AvgIpc) is 2.53. The molecule has 2 aromatic rings. The number of aliphatic imine (C=N–C) groups is 1. The summed E-state index contributed by atoms with van der Waals surface area (Å²) in [6, 6.07) is 11.7. The van der Waals surface area contributed by atoms with Crippen LogP contribution in [0.3, 0.4) is 0 Å². The fourth-order valence-corrected chi connectivity index (χ4v) is 1.96. The lowest BCUT2D eigenvalue weighted by atomic mass is 10.2. The topological polar surface area (TPSA) is 40.0 Å². The van der Waals surface area contributed by atoms with E-state index in [1.54, 1.807) is 27.5 Å². The first-order valence-corrected chi connectivity index (χ1v) is 6.58. The third-order valence-corrected chi connectivity index (χ3v) is 3.08. The van der Waals surface area contributed by atoms with E-state index in [1.165, 1.54) is 5.56 Å². The summed E-state index contributed by atoms with van der Waals surface area (Å²) < 4.78 is 15.9. The normalized spacial score (nSPS) is 10.7. The lowest BCUT2D eigenvalue weighted by Gasteiger charge is -2.12. The Morgan fingerprint density at radius 3 is 1.90 bits per heavy atom. The standard InChI is InChI=1S/C17H19NO3/c1-12-5-7-14(8-6-12)18-11-13-9-15(19-2)17(21-4)16(10-13)20-3/h5-11H,1-4H3/b18-11+. The number of nitrogens with zero attached hydrogens (tertiary/aromatic N) is 1. The molecule has 0 amide bonds. The van der Waals surface area contributed by atoms with Crippen LogP contribution in [0.4, 0.5) is 5.69 Å². The van der Waals surface area contributed by atoms with Gasteiger partial charge in [0.2, 0.25) is 5.75 Å². The maximum absolute atomic E-state index is 5.32. The van der Waals surface area contributed by atoms with Crippen LogP contribution in [0.25, 0.3) is 0 Å². The first-order valence-electron chi connectivity index (χ1n) is 6.58. The Balaban J connectivity index is 2.33. The summed E-state index contributed by atoms with van der Waals surface area (Å²) >= 11 is 0. The molecular weight excluding hydrogens is 266 g/mol. The van der Waals surface area contributed by atoms with Crippen LogP contribution in [0, 0.1) is 6.92 Å². The zero-order valence-corrected chi connectivity index (χ0v) is 12.7. The molecule has 0 unspecified atom stereocenters. The molecule has 0 atom stereocenters. The van der Waals surface area contributed by atoms with Gasteiger partial charge >= 0.3 is 0 Å². The molecule has 0 N–H and O–H groups in total. The quantitative estimate of drug-likeness (QED) is 0.785. The van der Waals surface area contributed by atoms with Crippen LogP contribution in [0.15, 0.2) is 41.4 Å². The Kier molecular flexibility index (Phi) is 4.82. The second kappa shape index (κ2) is 6.79. The highest BCUT2D eigenvalue weighted by Gasteiger charge is 2.12. The van der Waals surface area contributed by atoms with Crippen molar-refractivity contribution in [2.45, 2.75) is 6.92 Å². The SMILES string of the molecule is COc1cc(/C=N/c2ccc(C)cc2)cc(OC)c1OC. The van der Waals surface area contributed by atoms with Gasteiger partial charge in [-0.1, -0.05) is 17.7 Å². The Labute approximate surface area is 125 Å². The van der Waals surface area contributed by atoms with E-state index in [4.69, 9.17) is 14.2 Å². The Morgan fingerprint density at radius 1 is 0.857 bits per heavy atom. The largest absolute Gasteiger partial charge is 0.493 e. The second-order valence-corrected chi connectivity index (χ2v) is 4.55. The highest BCUT2D eigenvalue weighted by molar-refractivity contribution is 5.84. The van der Waals surface area contributed by atoms with Crippen LogP contribution >= 0.6 is 0 Å². The summed E-state index contributed by atoms with van der Waals surface area (Å²) in [6.45, 7) is 2.05. The van der Waals surface area contributed by atoms with E-state index in [0.29, 0.717) is 17.2 Å². The number of hydrogen-bond acceptors (Lipinski definition) is 4. The number of benzene rings is 2. The number of methoxy groups -OCH3 is 3. The van der Waals surface area contributed by atoms with Gasteiger partial charge in [0.05, 0.1) is 27.0 Å². The van der Waals surface area contributed by atoms with E-state index in [0.717, 1.165) is 11.3 Å². The van der Waals surface area contributed by atoms with Gasteiger partial charge in [0.25, 0.3) is 0 Å². The van der Waals surface area contributed by atoms with E-state index < -0.39 is 0 Å². The van der Waals surface area contributed by atoms with E-state index in [9.17, 15) is 0 Å². The first-order chi connectivity index (χ1) is 10.2. The van der Waals surface area contributed by atoms with Gasteiger partial charge in [-0.15, -0.1) is 0 Å². The molecule has 0 radical (unpaired) electrons. The zero-order chi connectivity index (χ0) is 15.2. The predicted molar refractivity (Wildman–Crippen MR) is 84.5 cm³/mol. The van der Waals surface area contributed by atoms with Crippen LogP contribution in [-0.2, 0) is 0 Å². The highest BCUT2D eigenvalue weighted by Crippen LogP contribution is 2.37. The monoisotopic (exact) mass is 285 g/mol. The summed E-state index contributed by atoms with van der Waals surface area (Å²) in [7, 11) is 4.77. The van der Waals surface area contributed by atoms with E-state index in [-0.39, 0.29) is 0 Å². The van der Waals surface area contributed by atoms with Crippen LogP contribution < -0.4 is 14.2 Å². The first kappa shape index (κ1) is 14.9. The molecule has 0 aliphatic carbocycles. The maximum Gasteiger partial charge on any atom is 0.203 e. The molecule has 0 aliphatic rings. The lowest BCUT2D eigenvalue weighted by Crippen LogP contribution is -1.96. The van der Waals surface area contributed by atoms with Crippen molar-refractivity contribution in [3.8, 4) is 17.2 Å². The molecule has 0 bridgehead atoms. The average molecular weight is 285 g/mol. The minimum Gasteiger partial charge on any atom is -0.493 e. The molecule has 0 aliphatic heterocycles. The van der Waals surface area contributed by atoms with Crippen LogP contribution in [0.5, 0.6) is 17.2 Å². The van der Waals surface area contributed by atoms with E-state index >= 15 is 0 Å². The van der Waals surface area contributed by atoms with Gasteiger partial charge in [-0.25, -0.2) is 0 Å². The van der Waals surface area contributed by atoms with Crippen molar-refractivity contribution < 1.29 is 14.2 Å². The van der Waals surface area contributed by atoms with Gasteiger partial charge < -0.3 is 14.2 Å². The fourth-order valence-electron chi connectivity index (χ4n) is 1.96. The number of aryl methyl sites for hydroxylation is 1. The number of rotatable bonds is 5. The molecule has 4 heteroatoms. The van der Waals surface area contributed by atoms with Crippen molar-refractivity contribution in [2.24, 2.45) is 4.99 Å².